The average molecular weight is 198 g/mol. The Morgan fingerprint density at radius 3 is 1.40 bits per heavy atom. The van der Waals surface area contributed by atoms with Crippen LogP contribution in [0.1, 0.15) is 0 Å². The zero-order valence-electron chi connectivity index (χ0n) is 2.85. The summed E-state index contributed by atoms with van der Waals surface area (Å²) in [5, 5.41) is 0. The van der Waals surface area contributed by atoms with E-state index in [1.165, 1.54) is 0 Å². The van der Waals surface area contributed by atoms with Crippen molar-refractivity contribution < 1.29 is 40.4 Å². The number of hydrogen-bond donors (Lipinski definition) is 1. The summed E-state index contributed by atoms with van der Waals surface area (Å²) in [6.45, 7) is 3.25. The SMILES string of the molecule is [CH-]=O.[CH2-]N.[La]. The van der Waals surface area contributed by atoms with E-state index in [-0.39, 0.29) is 35.6 Å². The molecule has 2 nitrogen and oxygen atoms in total. The van der Waals surface area contributed by atoms with Crippen LogP contribution in [0.15, 0.2) is 0 Å². The average Bonchev–Trinajstić information content (AvgIpc) is 1.50. The largest absolute Gasteiger partial charge is 0.545 e. The fourth-order valence-electron chi connectivity index (χ4n) is 0. The summed E-state index contributed by atoms with van der Waals surface area (Å²) in [6.07, 6.45) is 0. The minimum Gasteiger partial charge on any atom is -0.545 e. The molecule has 0 atom stereocenters. The van der Waals surface area contributed by atoms with Gasteiger partial charge in [-0.25, -0.2) is 0 Å². The second kappa shape index (κ2) is 104. The third kappa shape index (κ3) is 56.6. The van der Waals surface area contributed by atoms with Crippen LogP contribution in [-0.4, -0.2) is 6.79 Å². The first-order valence-corrected chi connectivity index (χ1v) is 0.644. The van der Waals surface area contributed by atoms with Gasteiger partial charge >= 0.3 is 0 Å². The maximum atomic E-state index is 7.75. The molecule has 0 aliphatic heterocycles. The molecule has 0 aromatic carbocycles. The van der Waals surface area contributed by atoms with Gasteiger partial charge in [0.1, 0.15) is 0 Å². The molecule has 5 heavy (non-hydrogen) atoms. The molecule has 2 N–H and O–H groups in total. The van der Waals surface area contributed by atoms with E-state index in [2.05, 4.69) is 19.6 Å². The van der Waals surface area contributed by atoms with Crippen molar-refractivity contribution in [2.75, 3.05) is 0 Å². The Balaban J connectivity index is -0.0000000133. The van der Waals surface area contributed by atoms with Crippen molar-refractivity contribution in [3.05, 3.63) is 7.05 Å². The number of carbonyl (C=O) groups excluding carboxylic acids is 1. The molecule has 3 heteroatoms. The first kappa shape index (κ1) is 17.0. The van der Waals surface area contributed by atoms with Crippen molar-refractivity contribution in [3.63, 3.8) is 0 Å². The van der Waals surface area contributed by atoms with Crippen LogP contribution in [0.3, 0.4) is 0 Å². The van der Waals surface area contributed by atoms with Gasteiger partial charge in [-0.3, -0.25) is 13.8 Å². The molecule has 0 rings (SSSR count). The summed E-state index contributed by atoms with van der Waals surface area (Å²) in [4.78, 5) is 7.75. The Morgan fingerprint density at radius 2 is 1.40 bits per heavy atom. The van der Waals surface area contributed by atoms with Gasteiger partial charge in [-0.05, 0) is 0 Å². The Kier molecular flexibility index (Phi) is 353. The summed E-state index contributed by atoms with van der Waals surface area (Å²) >= 11 is 0. The van der Waals surface area contributed by atoms with Gasteiger partial charge in [-0.2, -0.15) is 0 Å². The summed E-state index contributed by atoms with van der Waals surface area (Å²) in [5.41, 5.74) is 4.25. The summed E-state index contributed by atoms with van der Waals surface area (Å²) in [7, 11) is 2.75. The first-order valence-electron chi connectivity index (χ1n) is 0.644. The minimum absolute atomic E-state index is 0. The van der Waals surface area contributed by atoms with Crippen LogP contribution in [0.4, 0.5) is 0 Å². The molecule has 0 unspecified atom stereocenters. The van der Waals surface area contributed by atoms with E-state index >= 15 is 0 Å². The zero-order chi connectivity index (χ0) is 4.00. The molecule has 0 spiro atoms. The van der Waals surface area contributed by atoms with Gasteiger partial charge in [0.25, 0.3) is 0 Å². The zero-order valence-corrected chi connectivity index (χ0v) is 6.47. The maximum Gasteiger partial charge on any atom is 0 e. The van der Waals surface area contributed by atoms with Crippen LogP contribution in [0.2, 0.25) is 0 Å². The monoisotopic (exact) mass is 198 g/mol. The summed E-state index contributed by atoms with van der Waals surface area (Å²) in [6, 6.07) is 0. The summed E-state index contributed by atoms with van der Waals surface area (Å²) in [5.74, 6) is 0. The van der Waals surface area contributed by atoms with Crippen LogP contribution < -0.4 is 5.73 Å². The van der Waals surface area contributed by atoms with Crippen molar-refractivity contribution in [3.8, 4) is 0 Å². The molecule has 0 heterocycles. The maximum absolute atomic E-state index is 7.75. The van der Waals surface area contributed by atoms with Crippen molar-refractivity contribution in [2.45, 2.75) is 0 Å². The second-order valence-electron chi connectivity index (χ2n) is 0. The molecule has 0 aromatic rings. The molecule has 0 fully saturated rings. The van der Waals surface area contributed by atoms with Crippen LogP contribution in [0.5, 0.6) is 0 Å². The molecule has 0 aliphatic carbocycles. The molecule has 0 amide bonds. The molecule has 0 bridgehead atoms. The van der Waals surface area contributed by atoms with Crippen molar-refractivity contribution in [2.24, 2.45) is 5.73 Å². The number of rotatable bonds is 0. The van der Waals surface area contributed by atoms with Gasteiger partial charge in [0, 0.05) is 35.6 Å². The van der Waals surface area contributed by atoms with E-state index in [1.54, 1.807) is 0 Å². The van der Waals surface area contributed by atoms with Gasteiger partial charge in [0.05, 0.1) is 0 Å². The van der Waals surface area contributed by atoms with Crippen LogP contribution >= 0.6 is 0 Å². The van der Waals surface area contributed by atoms with Gasteiger partial charge in [-0.15, -0.1) is 0 Å². The van der Waals surface area contributed by atoms with Gasteiger partial charge in [-0.1, -0.05) is 0 Å². The van der Waals surface area contributed by atoms with Gasteiger partial charge in [0.2, 0.25) is 0 Å². The Labute approximate surface area is 59.7 Å². The predicted octanol–water partition coefficient (Wildman–Crippen LogP) is -0.537. The van der Waals surface area contributed by atoms with E-state index in [1.807, 2.05) is 0 Å². The Hall–Kier alpha value is 0.825. The molecular weight excluding hydrogens is 193 g/mol. The van der Waals surface area contributed by atoms with Gasteiger partial charge < -0.3 is 10.5 Å². The summed E-state index contributed by atoms with van der Waals surface area (Å²) < 4.78 is 0. The number of nitrogens with two attached hydrogens (primary N) is 1. The fourth-order valence-corrected chi connectivity index (χ4v) is 0. The molecular formula is C2H5LaNO-2. The molecule has 0 saturated heterocycles. The van der Waals surface area contributed by atoms with Crippen molar-refractivity contribution >= 4 is 6.79 Å². The normalized spacial score (nSPS) is 2.00. The third-order valence-electron chi connectivity index (χ3n) is 0. The quantitative estimate of drug-likeness (QED) is 0.419. The van der Waals surface area contributed by atoms with Crippen molar-refractivity contribution in [1.29, 1.82) is 0 Å². The Morgan fingerprint density at radius 1 is 1.40 bits per heavy atom. The smallest absolute Gasteiger partial charge is 0 e. The molecule has 1 radical (unpaired) electrons. The predicted molar refractivity (Wildman–Crippen MR) is 16.3 cm³/mol. The molecule has 0 aromatic heterocycles. The second-order valence-corrected chi connectivity index (χ2v) is 0. The third-order valence-corrected chi connectivity index (χ3v) is 0. The first-order chi connectivity index (χ1) is 2.00. The standard InChI is InChI=1S/CH4N.CHO.La/c2*1-2;/h1-2H2;1H;/q2*-1;. The Bertz CT molecular complexity index is 9.61. The number of hydrogen-bond acceptors (Lipinski definition) is 2. The molecule has 0 aliphatic rings. The van der Waals surface area contributed by atoms with Crippen LogP contribution in [0, 0.1) is 42.6 Å². The molecule has 0 saturated carbocycles. The fraction of sp³-hybridized carbons (Fsp3) is 0. The van der Waals surface area contributed by atoms with E-state index in [0.717, 1.165) is 0 Å². The molecule has 29 valence electrons. The van der Waals surface area contributed by atoms with E-state index in [4.69, 9.17) is 4.79 Å². The van der Waals surface area contributed by atoms with E-state index < -0.39 is 0 Å². The van der Waals surface area contributed by atoms with E-state index in [0.29, 0.717) is 0 Å². The topological polar surface area (TPSA) is 43.1 Å². The van der Waals surface area contributed by atoms with Crippen molar-refractivity contribution in [1.82, 2.24) is 0 Å². The minimum atomic E-state index is 0. The van der Waals surface area contributed by atoms with Crippen LogP contribution in [0.25, 0.3) is 0 Å². The van der Waals surface area contributed by atoms with E-state index in [9.17, 15) is 0 Å². The van der Waals surface area contributed by atoms with Crippen LogP contribution in [-0.2, 0) is 4.79 Å². The van der Waals surface area contributed by atoms with Gasteiger partial charge in [0.15, 0.2) is 0 Å².